The second kappa shape index (κ2) is 6.25. The molecule has 2 rings (SSSR count). The maximum absolute atomic E-state index is 9.62. The lowest BCUT2D eigenvalue weighted by Crippen LogP contribution is -2.15. The lowest BCUT2D eigenvalue weighted by atomic mass is 10.3. The molecule has 2 heterocycles. The van der Waals surface area contributed by atoms with E-state index in [1.807, 2.05) is 23.7 Å². The number of aliphatic hydroxyl groups excluding tert-OH is 1. The van der Waals surface area contributed by atoms with E-state index in [2.05, 4.69) is 22.2 Å². The fourth-order valence-corrected chi connectivity index (χ4v) is 2.56. The summed E-state index contributed by atoms with van der Waals surface area (Å²) in [7, 11) is 0. The van der Waals surface area contributed by atoms with Crippen molar-refractivity contribution in [3.8, 4) is 0 Å². The quantitative estimate of drug-likeness (QED) is 0.796. The van der Waals surface area contributed by atoms with Gasteiger partial charge < -0.3 is 14.8 Å². The Bertz CT molecular complexity index is 540. The van der Waals surface area contributed by atoms with Crippen molar-refractivity contribution < 1.29 is 5.11 Å². The zero-order valence-electron chi connectivity index (χ0n) is 11.5. The van der Waals surface area contributed by atoms with Gasteiger partial charge in [0, 0.05) is 24.2 Å². The van der Waals surface area contributed by atoms with Gasteiger partial charge in [-0.3, -0.25) is 0 Å². The predicted molar refractivity (Wildman–Crippen MR) is 78.8 cm³/mol. The van der Waals surface area contributed by atoms with Gasteiger partial charge in [-0.1, -0.05) is 25.6 Å². The standard InChI is InChI=1S/C13H20N4OS/c1-4-5-14-11-8-17-7-6-15-12(17)13(16-11)19-10(3)9(2)18/h6-10,14,18H,4-5H2,1-3H3. The molecule has 2 aromatic rings. The van der Waals surface area contributed by atoms with Crippen molar-refractivity contribution in [2.24, 2.45) is 0 Å². The summed E-state index contributed by atoms with van der Waals surface area (Å²) >= 11 is 1.55. The van der Waals surface area contributed by atoms with Crippen molar-refractivity contribution in [2.45, 2.75) is 43.6 Å². The number of thioether (sulfide) groups is 1. The first-order valence-corrected chi connectivity index (χ1v) is 7.42. The zero-order chi connectivity index (χ0) is 13.8. The fraction of sp³-hybridized carbons (Fsp3) is 0.538. The van der Waals surface area contributed by atoms with Crippen LogP contribution in [0, 0.1) is 0 Å². The van der Waals surface area contributed by atoms with Crippen LogP contribution in [0.15, 0.2) is 23.6 Å². The Balaban J connectivity index is 2.31. The average molecular weight is 280 g/mol. The molecule has 0 spiro atoms. The number of nitrogens with one attached hydrogen (secondary N) is 1. The lowest BCUT2D eigenvalue weighted by molar-refractivity contribution is 0.196. The van der Waals surface area contributed by atoms with Crippen LogP contribution in [0.4, 0.5) is 5.82 Å². The Hall–Kier alpha value is -1.27. The van der Waals surface area contributed by atoms with E-state index in [9.17, 15) is 5.11 Å². The summed E-state index contributed by atoms with van der Waals surface area (Å²) < 4.78 is 1.96. The molecule has 0 aliphatic rings. The monoisotopic (exact) mass is 280 g/mol. The Kier molecular flexibility index (Phi) is 4.66. The molecule has 2 unspecified atom stereocenters. The molecule has 104 valence electrons. The van der Waals surface area contributed by atoms with Crippen molar-refractivity contribution in [1.29, 1.82) is 0 Å². The van der Waals surface area contributed by atoms with Crippen molar-refractivity contribution in [1.82, 2.24) is 14.4 Å². The van der Waals surface area contributed by atoms with E-state index in [0.29, 0.717) is 0 Å². The van der Waals surface area contributed by atoms with E-state index in [0.717, 1.165) is 29.5 Å². The molecule has 0 amide bonds. The highest BCUT2D eigenvalue weighted by Gasteiger charge is 2.15. The van der Waals surface area contributed by atoms with Gasteiger partial charge in [0.1, 0.15) is 10.8 Å². The summed E-state index contributed by atoms with van der Waals surface area (Å²) in [5.74, 6) is 0.840. The summed E-state index contributed by atoms with van der Waals surface area (Å²) in [5.41, 5.74) is 0.833. The second-order valence-electron chi connectivity index (χ2n) is 4.58. The first kappa shape index (κ1) is 14.1. The Labute approximate surface area is 117 Å². The highest BCUT2D eigenvalue weighted by Crippen LogP contribution is 2.28. The van der Waals surface area contributed by atoms with Crippen LogP contribution in [0.5, 0.6) is 0 Å². The Morgan fingerprint density at radius 3 is 2.95 bits per heavy atom. The van der Waals surface area contributed by atoms with Crippen LogP contribution in [0.2, 0.25) is 0 Å². The highest BCUT2D eigenvalue weighted by molar-refractivity contribution is 8.00. The van der Waals surface area contributed by atoms with E-state index in [1.165, 1.54) is 0 Å². The summed E-state index contributed by atoms with van der Waals surface area (Å²) in [5, 5.41) is 13.8. The van der Waals surface area contributed by atoms with Crippen molar-refractivity contribution in [3.63, 3.8) is 0 Å². The number of aromatic nitrogens is 3. The molecule has 2 atom stereocenters. The van der Waals surface area contributed by atoms with E-state index in [4.69, 9.17) is 0 Å². The topological polar surface area (TPSA) is 62.5 Å². The maximum Gasteiger partial charge on any atom is 0.169 e. The van der Waals surface area contributed by atoms with E-state index in [-0.39, 0.29) is 11.4 Å². The molecule has 19 heavy (non-hydrogen) atoms. The van der Waals surface area contributed by atoms with Crippen molar-refractivity contribution in [3.05, 3.63) is 18.6 Å². The third kappa shape index (κ3) is 3.39. The average Bonchev–Trinajstić information content (AvgIpc) is 2.84. The van der Waals surface area contributed by atoms with Gasteiger partial charge in [-0.15, -0.1) is 0 Å². The zero-order valence-corrected chi connectivity index (χ0v) is 12.3. The van der Waals surface area contributed by atoms with Crippen LogP contribution >= 0.6 is 11.8 Å². The van der Waals surface area contributed by atoms with Gasteiger partial charge in [0.05, 0.1) is 12.3 Å². The Morgan fingerprint density at radius 1 is 1.47 bits per heavy atom. The smallest absolute Gasteiger partial charge is 0.169 e. The van der Waals surface area contributed by atoms with Crippen molar-refractivity contribution >= 4 is 23.2 Å². The minimum absolute atomic E-state index is 0.0782. The minimum Gasteiger partial charge on any atom is -0.392 e. The number of fused-ring (bicyclic) bond motifs is 1. The number of hydrogen-bond acceptors (Lipinski definition) is 5. The molecule has 0 aliphatic carbocycles. The molecule has 2 N–H and O–H groups in total. The molecule has 0 saturated carbocycles. The van der Waals surface area contributed by atoms with Gasteiger partial charge in [0.15, 0.2) is 5.65 Å². The van der Waals surface area contributed by atoms with Gasteiger partial charge in [0.2, 0.25) is 0 Å². The maximum atomic E-state index is 9.62. The molecule has 5 nitrogen and oxygen atoms in total. The predicted octanol–water partition coefficient (Wildman–Crippen LogP) is 2.41. The largest absolute Gasteiger partial charge is 0.392 e. The fourth-order valence-electron chi connectivity index (χ4n) is 1.59. The SMILES string of the molecule is CCCNc1cn2ccnc2c(SC(C)C(C)O)n1. The molecule has 0 fully saturated rings. The molecule has 6 heteroatoms. The van der Waals surface area contributed by atoms with E-state index < -0.39 is 0 Å². The molecular formula is C13H20N4OS. The lowest BCUT2D eigenvalue weighted by Gasteiger charge is -2.15. The van der Waals surface area contributed by atoms with E-state index >= 15 is 0 Å². The molecule has 0 bridgehead atoms. The van der Waals surface area contributed by atoms with Gasteiger partial charge in [0.25, 0.3) is 0 Å². The first-order chi connectivity index (χ1) is 9.11. The van der Waals surface area contributed by atoms with Gasteiger partial charge in [-0.05, 0) is 13.3 Å². The number of rotatable bonds is 6. The second-order valence-corrected chi connectivity index (χ2v) is 5.95. The summed E-state index contributed by atoms with van der Waals surface area (Å²) in [4.78, 5) is 8.91. The normalized spacial score (nSPS) is 14.5. The van der Waals surface area contributed by atoms with Gasteiger partial charge >= 0.3 is 0 Å². The summed E-state index contributed by atoms with van der Waals surface area (Å²) in [6.45, 7) is 6.79. The number of aliphatic hydroxyl groups is 1. The Morgan fingerprint density at radius 2 is 2.26 bits per heavy atom. The molecule has 0 aromatic carbocycles. The first-order valence-electron chi connectivity index (χ1n) is 6.54. The third-order valence-electron chi connectivity index (χ3n) is 2.88. The molecule has 0 saturated heterocycles. The van der Waals surface area contributed by atoms with Gasteiger partial charge in [-0.25, -0.2) is 9.97 Å². The highest BCUT2D eigenvalue weighted by atomic mass is 32.2. The number of anilines is 1. The summed E-state index contributed by atoms with van der Waals surface area (Å²) in [6.07, 6.45) is 6.28. The van der Waals surface area contributed by atoms with Crippen LogP contribution in [0.1, 0.15) is 27.2 Å². The molecular weight excluding hydrogens is 260 g/mol. The van der Waals surface area contributed by atoms with Crippen LogP contribution in [-0.4, -0.2) is 37.4 Å². The number of hydrogen-bond donors (Lipinski definition) is 2. The van der Waals surface area contributed by atoms with Crippen LogP contribution in [0.25, 0.3) is 5.65 Å². The van der Waals surface area contributed by atoms with E-state index in [1.54, 1.807) is 24.9 Å². The molecule has 0 aliphatic heterocycles. The molecule has 0 radical (unpaired) electrons. The summed E-state index contributed by atoms with van der Waals surface area (Å²) in [6, 6.07) is 0. The van der Waals surface area contributed by atoms with Crippen LogP contribution in [-0.2, 0) is 0 Å². The number of nitrogens with zero attached hydrogens (tertiary/aromatic N) is 3. The van der Waals surface area contributed by atoms with Crippen LogP contribution in [0.3, 0.4) is 0 Å². The minimum atomic E-state index is -0.380. The van der Waals surface area contributed by atoms with Crippen molar-refractivity contribution in [2.75, 3.05) is 11.9 Å². The third-order valence-corrected chi connectivity index (χ3v) is 4.14. The van der Waals surface area contributed by atoms with Gasteiger partial charge in [-0.2, -0.15) is 0 Å². The molecule has 2 aromatic heterocycles. The number of imidazole rings is 1. The van der Waals surface area contributed by atoms with Crippen LogP contribution < -0.4 is 5.32 Å².